The molecule has 2 aromatic heterocycles. The lowest BCUT2D eigenvalue weighted by Crippen LogP contribution is -1.96. The van der Waals surface area contributed by atoms with Crippen LogP contribution in [-0.2, 0) is 0 Å². The number of para-hydroxylation sites is 2. The van der Waals surface area contributed by atoms with Gasteiger partial charge in [-0.2, -0.15) is 5.11 Å². The second-order valence-electron chi connectivity index (χ2n) is 5.13. The van der Waals surface area contributed by atoms with Gasteiger partial charge in [0, 0.05) is 5.56 Å². The zero-order valence-corrected chi connectivity index (χ0v) is 12.3. The first-order valence-corrected chi connectivity index (χ1v) is 7.17. The number of benzene rings is 2. The van der Waals surface area contributed by atoms with Gasteiger partial charge in [-0.3, -0.25) is 15.0 Å². The molecule has 0 bridgehead atoms. The quantitative estimate of drug-likeness (QED) is 0.433. The molecule has 0 aliphatic rings. The summed E-state index contributed by atoms with van der Waals surface area (Å²) in [5.41, 5.74) is 2.64. The van der Waals surface area contributed by atoms with Crippen LogP contribution in [0.2, 0.25) is 0 Å². The molecule has 4 rings (SSSR count). The Bertz CT molecular complexity index is 1050. The number of azo groups is 1. The Morgan fingerprint density at radius 3 is 2.46 bits per heavy atom. The smallest absolute Gasteiger partial charge is 0.295 e. The highest BCUT2D eigenvalue weighted by atomic mass is 16.3. The van der Waals surface area contributed by atoms with Crippen LogP contribution in [0.1, 0.15) is 0 Å². The fourth-order valence-corrected chi connectivity index (χ4v) is 2.32. The van der Waals surface area contributed by atoms with E-state index >= 15 is 0 Å². The molecule has 0 saturated heterocycles. The normalized spacial score (nSPS) is 11.5. The van der Waals surface area contributed by atoms with Crippen molar-refractivity contribution < 1.29 is 5.11 Å². The third-order valence-electron chi connectivity index (χ3n) is 3.53. The van der Waals surface area contributed by atoms with Gasteiger partial charge in [-0.05, 0) is 36.4 Å². The summed E-state index contributed by atoms with van der Waals surface area (Å²) in [6.07, 6.45) is 0. The largest absolute Gasteiger partial charge is 0.492 e. The van der Waals surface area contributed by atoms with Crippen LogP contribution in [0, 0.1) is 0 Å². The van der Waals surface area contributed by atoms with Gasteiger partial charge in [-0.25, -0.2) is 4.98 Å². The molecule has 0 aliphatic heterocycles. The molecule has 0 spiro atoms. The first-order chi connectivity index (χ1) is 11.7. The molecule has 0 aliphatic carbocycles. The minimum atomic E-state index is -0.532. The maximum atomic E-state index is 11.4. The summed E-state index contributed by atoms with van der Waals surface area (Å²) >= 11 is 0. The number of aromatic hydroxyl groups is 1. The third-order valence-corrected chi connectivity index (χ3v) is 3.53. The molecule has 8 heteroatoms. The number of nitrogens with zero attached hydrogens (tertiary/aromatic N) is 3. The summed E-state index contributed by atoms with van der Waals surface area (Å²) in [5.74, 6) is 0.419. The molecule has 0 radical (unpaired) electrons. The molecule has 0 unspecified atom stereocenters. The maximum absolute atomic E-state index is 11.4. The van der Waals surface area contributed by atoms with E-state index < -0.39 is 5.56 Å². The van der Waals surface area contributed by atoms with Crippen molar-refractivity contribution in [3.8, 4) is 17.3 Å². The van der Waals surface area contributed by atoms with Crippen molar-refractivity contribution in [3.63, 3.8) is 0 Å². The summed E-state index contributed by atoms with van der Waals surface area (Å²) in [7, 11) is 0. The van der Waals surface area contributed by atoms with Crippen molar-refractivity contribution in [1.82, 2.24) is 20.2 Å². The SMILES string of the molecule is O=c1[nH][nH]c(O)c1N=Nc1ccc(-c2nc3ccccc3[nH]2)cc1. The first kappa shape index (κ1) is 13.9. The van der Waals surface area contributed by atoms with Crippen LogP contribution in [0.15, 0.2) is 63.6 Å². The number of hydrogen-bond acceptors (Lipinski definition) is 5. The van der Waals surface area contributed by atoms with E-state index in [2.05, 4.69) is 30.4 Å². The lowest BCUT2D eigenvalue weighted by molar-refractivity contribution is 0.453. The minimum absolute atomic E-state index is 0.156. The Morgan fingerprint density at radius 1 is 0.958 bits per heavy atom. The summed E-state index contributed by atoms with van der Waals surface area (Å²) in [6.45, 7) is 0. The van der Waals surface area contributed by atoms with Gasteiger partial charge in [0.05, 0.1) is 16.7 Å². The number of H-pyrrole nitrogens is 3. The second-order valence-corrected chi connectivity index (χ2v) is 5.13. The maximum Gasteiger partial charge on any atom is 0.295 e. The molecule has 2 heterocycles. The number of fused-ring (bicyclic) bond motifs is 1. The second kappa shape index (κ2) is 5.51. The van der Waals surface area contributed by atoms with Gasteiger partial charge in [0.25, 0.3) is 5.56 Å². The molecular formula is C16H12N6O2. The van der Waals surface area contributed by atoms with E-state index in [0.717, 1.165) is 22.4 Å². The van der Waals surface area contributed by atoms with Crippen LogP contribution in [0.4, 0.5) is 11.4 Å². The molecule has 0 amide bonds. The Labute approximate surface area is 134 Å². The number of hydrogen-bond donors (Lipinski definition) is 4. The van der Waals surface area contributed by atoms with Crippen LogP contribution >= 0.6 is 0 Å². The van der Waals surface area contributed by atoms with Gasteiger partial charge in [-0.15, -0.1) is 5.11 Å². The molecule has 0 atom stereocenters. The number of aromatic amines is 3. The lowest BCUT2D eigenvalue weighted by atomic mass is 10.2. The van der Waals surface area contributed by atoms with Gasteiger partial charge in [0.1, 0.15) is 5.82 Å². The van der Waals surface area contributed by atoms with E-state index in [9.17, 15) is 9.90 Å². The van der Waals surface area contributed by atoms with E-state index in [1.165, 1.54) is 0 Å². The summed E-state index contributed by atoms with van der Waals surface area (Å²) < 4.78 is 0. The zero-order valence-electron chi connectivity index (χ0n) is 12.3. The van der Waals surface area contributed by atoms with Crippen LogP contribution in [0.5, 0.6) is 5.88 Å². The minimum Gasteiger partial charge on any atom is -0.492 e. The standard InChI is InChI=1S/C16H12N6O2/c23-15-13(16(24)22-21-15)20-19-10-7-5-9(6-8-10)14-17-11-3-1-2-4-12(11)18-14/h1-8H,(H,17,18)(H3,21,22,23,24). The van der Waals surface area contributed by atoms with Crippen molar-refractivity contribution in [1.29, 1.82) is 0 Å². The Morgan fingerprint density at radius 2 is 1.75 bits per heavy atom. The van der Waals surface area contributed by atoms with Crippen molar-refractivity contribution in [2.75, 3.05) is 0 Å². The van der Waals surface area contributed by atoms with E-state index in [0.29, 0.717) is 5.69 Å². The van der Waals surface area contributed by atoms with E-state index in [-0.39, 0.29) is 11.6 Å². The van der Waals surface area contributed by atoms with Gasteiger partial charge >= 0.3 is 0 Å². The van der Waals surface area contributed by atoms with E-state index in [4.69, 9.17) is 0 Å². The molecule has 4 aromatic rings. The number of imidazole rings is 1. The van der Waals surface area contributed by atoms with Gasteiger partial charge < -0.3 is 10.1 Å². The van der Waals surface area contributed by atoms with Crippen molar-refractivity contribution in [3.05, 3.63) is 58.9 Å². The van der Waals surface area contributed by atoms with Crippen LogP contribution in [0.3, 0.4) is 0 Å². The van der Waals surface area contributed by atoms with Gasteiger partial charge in [-0.1, -0.05) is 12.1 Å². The third kappa shape index (κ3) is 2.45. The van der Waals surface area contributed by atoms with Crippen molar-refractivity contribution in [2.24, 2.45) is 10.2 Å². The fourth-order valence-electron chi connectivity index (χ4n) is 2.32. The number of rotatable bonds is 3. The van der Waals surface area contributed by atoms with Gasteiger partial charge in [0.2, 0.25) is 11.6 Å². The zero-order chi connectivity index (χ0) is 16.5. The highest BCUT2D eigenvalue weighted by Crippen LogP contribution is 2.25. The Hall–Kier alpha value is -3.68. The molecule has 0 saturated carbocycles. The predicted octanol–water partition coefficient (Wildman–Crippen LogP) is 3.37. The average molecular weight is 320 g/mol. The topological polar surface area (TPSA) is 122 Å². The number of aromatic nitrogens is 4. The summed E-state index contributed by atoms with van der Waals surface area (Å²) in [4.78, 5) is 19.2. The highest BCUT2D eigenvalue weighted by Gasteiger charge is 2.07. The van der Waals surface area contributed by atoms with Crippen molar-refractivity contribution in [2.45, 2.75) is 0 Å². The molecule has 2 aromatic carbocycles. The monoisotopic (exact) mass is 320 g/mol. The molecule has 0 fully saturated rings. The van der Waals surface area contributed by atoms with Crippen molar-refractivity contribution >= 4 is 22.4 Å². The highest BCUT2D eigenvalue weighted by molar-refractivity contribution is 5.79. The van der Waals surface area contributed by atoms with Crippen LogP contribution in [-0.4, -0.2) is 25.3 Å². The summed E-state index contributed by atoms with van der Waals surface area (Å²) in [6, 6.07) is 15.0. The molecular weight excluding hydrogens is 308 g/mol. The Kier molecular flexibility index (Phi) is 3.20. The lowest BCUT2D eigenvalue weighted by Gasteiger charge is -1.97. The molecule has 118 valence electrons. The average Bonchev–Trinajstić information content (AvgIpc) is 3.17. The van der Waals surface area contributed by atoms with Crippen LogP contribution in [0.25, 0.3) is 22.4 Å². The van der Waals surface area contributed by atoms with Crippen LogP contribution < -0.4 is 5.56 Å². The van der Waals surface area contributed by atoms with E-state index in [1.54, 1.807) is 12.1 Å². The molecule has 8 nitrogen and oxygen atoms in total. The fraction of sp³-hybridized carbons (Fsp3) is 0. The molecule has 24 heavy (non-hydrogen) atoms. The van der Waals surface area contributed by atoms with E-state index in [1.807, 2.05) is 36.4 Å². The first-order valence-electron chi connectivity index (χ1n) is 7.17. The predicted molar refractivity (Wildman–Crippen MR) is 88.8 cm³/mol. The summed E-state index contributed by atoms with van der Waals surface area (Å²) in [5, 5.41) is 21.6. The molecule has 4 N–H and O–H groups in total. The Balaban J connectivity index is 1.61. The van der Waals surface area contributed by atoms with Gasteiger partial charge in [0.15, 0.2) is 0 Å². The number of nitrogens with one attached hydrogen (secondary N) is 3.